The number of rotatable bonds is 16. The molecule has 164 valence electrons. The lowest BCUT2D eigenvalue weighted by atomic mass is 10.1. The van der Waals surface area contributed by atoms with E-state index < -0.39 is 0 Å². The molecule has 0 aliphatic carbocycles. The number of ether oxygens (including phenoxy) is 1. The lowest BCUT2D eigenvalue weighted by Crippen LogP contribution is -1.97. The van der Waals surface area contributed by atoms with Gasteiger partial charge in [-0.15, -0.1) is 0 Å². The fraction of sp³-hybridized carbons (Fsp3) is 0.536. The third kappa shape index (κ3) is 10.6. The Balaban J connectivity index is 1.68. The number of aryl methyl sites for hydroxylation is 1. The summed E-state index contributed by atoms with van der Waals surface area (Å²) in [5.74, 6) is 0.948. The maximum absolute atomic E-state index is 5.85. The Hall–Kier alpha value is -2.09. The van der Waals surface area contributed by atoms with Crippen molar-refractivity contribution in [2.75, 3.05) is 6.61 Å². The van der Waals surface area contributed by atoms with Gasteiger partial charge in [-0.3, -0.25) is 4.99 Å². The van der Waals surface area contributed by atoms with Crippen LogP contribution in [0.3, 0.4) is 0 Å². The number of aliphatic imine (C=N–C) groups is 1. The van der Waals surface area contributed by atoms with Crippen molar-refractivity contribution in [3.8, 4) is 5.75 Å². The molecule has 30 heavy (non-hydrogen) atoms. The molecule has 0 atom stereocenters. The third-order valence-electron chi connectivity index (χ3n) is 5.51. The molecule has 0 saturated carbocycles. The quantitative estimate of drug-likeness (QED) is 0.201. The lowest BCUT2D eigenvalue weighted by Gasteiger charge is -2.06. The maximum atomic E-state index is 5.85. The predicted octanol–water partition coefficient (Wildman–Crippen LogP) is 8.69. The monoisotopic (exact) mass is 407 g/mol. The standard InChI is InChI=1S/C28H41NO/c1-3-5-7-9-11-13-23-30-28-21-17-26(18-22-28)24-29-27-19-15-25(16-20-27)14-12-10-8-6-4-2/h15-22,24H,3-14,23H2,1-2H3. The normalized spacial score (nSPS) is 11.3. The highest BCUT2D eigenvalue weighted by Gasteiger charge is 1.97. The lowest BCUT2D eigenvalue weighted by molar-refractivity contribution is 0.304. The van der Waals surface area contributed by atoms with E-state index >= 15 is 0 Å². The molecule has 0 radical (unpaired) electrons. The number of nitrogens with zero attached hydrogens (tertiary/aromatic N) is 1. The van der Waals surface area contributed by atoms with Crippen molar-refractivity contribution >= 4 is 11.9 Å². The zero-order valence-electron chi connectivity index (χ0n) is 19.2. The molecule has 0 spiro atoms. The van der Waals surface area contributed by atoms with Crippen LogP contribution in [0, 0.1) is 0 Å². The topological polar surface area (TPSA) is 21.6 Å². The van der Waals surface area contributed by atoms with Crippen molar-refractivity contribution < 1.29 is 4.74 Å². The van der Waals surface area contributed by atoms with Gasteiger partial charge in [0.15, 0.2) is 0 Å². The van der Waals surface area contributed by atoms with E-state index in [2.05, 4.69) is 55.2 Å². The first kappa shape index (κ1) is 24.2. The van der Waals surface area contributed by atoms with Gasteiger partial charge in [0, 0.05) is 6.21 Å². The molecular formula is C28H41NO. The van der Waals surface area contributed by atoms with Crippen LogP contribution in [0.5, 0.6) is 5.75 Å². The van der Waals surface area contributed by atoms with Crippen LogP contribution in [0.15, 0.2) is 53.5 Å². The highest BCUT2D eigenvalue weighted by Crippen LogP contribution is 2.17. The Morgan fingerprint density at radius 2 is 1.27 bits per heavy atom. The van der Waals surface area contributed by atoms with Crippen molar-refractivity contribution in [2.45, 2.75) is 90.9 Å². The van der Waals surface area contributed by atoms with E-state index in [9.17, 15) is 0 Å². The summed E-state index contributed by atoms with van der Waals surface area (Å²) < 4.78 is 5.85. The van der Waals surface area contributed by atoms with E-state index in [-0.39, 0.29) is 0 Å². The minimum atomic E-state index is 0.810. The van der Waals surface area contributed by atoms with Crippen LogP contribution in [0.2, 0.25) is 0 Å². The molecule has 0 fully saturated rings. The number of hydrogen-bond donors (Lipinski definition) is 0. The molecule has 2 nitrogen and oxygen atoms in total. The molecule has 0 aliphatic rings. The Morgan fingerprint density at radius 3 is 1.93 bits per heavy atom. The molecule has 2 heteroatoms. The summed E-state index contributed by atoms with van der Waals surface area (Å²) in [5.41, 5.74) is 3.52. The van der Waals surface area contributed by atoms with E-state index in [0.717, 1.165) is 30.0 Å². The molecular weight excluding hydrogens is 366 g/mol. The van der Waals surface area contributed by atoms with Crippen molar-refractivity contribution in [2.24, 2.45) is 4.99 Å². The minimum Gasteiger partial charge on any atom is -0.494 e. The number of unbranched alkanes of at least 4 members (excludes halogenated alkanes) is 9. The summed E-state index contributed by atoms with van der Waals surface area (Å²) >= 11 is 0. The SMILES string of the molecule is CCCCCCCCOc1ccc(C=Nc2ccc(CCCCCCC)cc2)cc1. The largest absolute Gasteiger partial charge is 0.494 e. The minimum absolute atomic E-state index is 0.810. The van der Waals surface area contributed by atoms with Crippen molar-refractivity contribution in [3.05, 3.63) is 59.7 Å². The summed E-state index contributed by atoms with van der Waals surface area (Å²) in [6.07, 6.45) is 17.5. The fourth-order valence-electron chi connectivity index (χ4n) is 3.55. The smallest absolute Gasteiger partial charge is 0.119 e. The van der Waals surface area contributed by atoms with Crippen LogP contribution in [0.1, 0.15) is 95.6 Å². The average Bonchev–Trinajstić information content (AvgIpc) is 2.78. The number of benzene rings is 2. The van der Waals surface area contributed by atoms with Gasteiger partial charge < -0.3 is 4.74 Å². The summed E-state index contributed by atoms with van der Waals surface area (Å²) in [6, 6.07) is 16.9. The highest BCUT2D eigenvalue weighted by molar-refractivity contribution is 5.82. The van der Waals surface area contributed by atoms with Gasteiger partial charge in [0.1, 0.15) is 5.75 Å². The van der Waals surface area contributed by atoms with E-state index in [4.69, 9.17) is 4.74 Å². The van der Waals surface area contributed by atoms with Crippen LogP contribution in [-0.4, -0.2) is 12.8 Å². The first-order valence-electron chi connectivity index (χ1n) is 12.2. The molecule has 0 N–H and O–H groups in total. The van der Waals surface area contributed by atoms with Gasteiger partial charge >= 0.3 is 0 Å². The molecule has 0 aromatic heterocycles. The van der Waals surface area contributed by atoms with Gasteiger partial charge in [0.25, 0.3) is 0 Å². The van der Waals surface area contributed by atoms with E-state index in [1.807, 2.05) is 18.3 Å². The van der Waals surface area contributed by atoms with E-state index in [1.54, 1.807) is 0 Å². The van der Waals surface area contributed by atoms with Crippen molar-refractivity contribution in [1.82, 2.24) is 0 Å². The van der Waals surface area contributed by atoms with E-state index in [1.165, 1.54) is 76.2 Å². The molecule has 2 aromatic carbocycles. The zero-order chi connectivity index (χ0) is 21.3. The first-order chi connectivity index (χ1) is 14.8. The van der Waals surface area contributed by atoms with Gasteiger partial charge in [-0.25, -0.2) is 0 Å². The average molecular weight is 408 g/mol. The van der Waals surface area contributed by atoms with Crippen LogP contribution in [0.25, 0.3) is 0 Å². The van der Waals surface area contributed by atoms with Gasteiger partial charge in [-0.2, -0.15) is 0 Å². The second-order valence-electron chi connectivity index (χ2n) is 8.27. The Kier molecular flexibility index (Phi) is 12.7. The highest BCUT2D eigenvalue weighted by atomic mass is 16.5. The molecule has 0 amide bonds. The summed E-state index contributed by atoms with van der Waals surface area (Å²) in [4.78, 5) is 4.61. The molecule has 2 aromatic rings. The molecule has 0 saturated heterocycles. The first-order valence-corrected chi connectivity index (χ1v) is 12.2. The Morgan fingerprint density at radius 1 is 0.667 bits per heavy atom. The summed E-state index contributed by atoms with van der Waals surface area (Å²) in [5, 5.41) is 0. The summed E-state index contributed by atoms with van der Waals surface area (Å²) in [6.45, 7) is 5.33. The van der Waals surface area contributed by atoms with Crippen LogP contribution in [-0.2, 0) is 6.42 Å². The molecule has 0 aliphatic heterocycles. The third-order valence-corrected chi connectivity index (χ3v) is 5.51. The summed E-state index contributed by atoms with van der Waals surface area (Å²) in [7, 11) is 0. The Bertz CT molecular complexity index is 688. The Labute approximate surface area is 184 Å². The zero-order valence-corrected chi connectivity index (χ0v) is 19.2. The van der Waals surface area contributed by atoms with Gasteiger partial charge in [-0.05, 0) is 66.8 Å². The second kappa shape index (κ2) is 15.7. The van der Waals surface area contributed by atoms with Gasteiger partial charge in [0.05, 0.1) is 12.3 Å². The maximum Gasteiger partial charge on any atom is 0.119 e. The van der Waals surface area contributed by atoms with Crippen molar-refractivity contribution in [3.63, 3.8) is 0 Å². The van der Waals surface area contributed by atoms with Gasteiger partial charge in [-0.1, -0.05) is 83.8 Å². The fourth-order valence-corrected chi connectivity index (χ4v) is 3.55. The molecule has 2 rings (SSSR count). The van der Waals surface area contributed by atoms with Crippen LogP contribution >= 0.6 is 0 Å². The van der Waals surface area contributed by atoms with Crippen LogP contribution in [0.4, 0.5) is 5.69 Å². The van der Waals surface area contributed by atoms with E-state index in [0.29, 0.717) is 0 Å². The predicted molar refractivity (Wildman–Crippen MR) is 131 cm³/mol. The van der Waals surface area contributed by atoms with Gasteiger partial charge in [0.2, 0.25) is 0 Å². The van der Waals surface area contributed by atoms with Crippen LogP contribution < -0.4 is 4.74 Å². The van der Waals surface area contributed by atoms with Crippen molar-refractivity contribution in [1.29, 1.82) is 0 Å². The molecule has 0 unspecified atom stereocenters. The molecule has 0 bridgehead atoms. The number of hydrogen-bond acceptors (Lipinski definition) is 2. The second-order valence-corrected chi connectivity index (χ2v) is 8.27. The molecule has 0 heterocycles.